The summed E-state index contributed by atoms with van der Waals surface area (Å²) in [6.07, 6.45) is 1.55. The van der Waals surface area contributed by atoms with Crippen LogP contribution in [0.3, 0.4) is 0 Å². The van der Waals surface area contributed by atoms with Crippen molar-refractivity contribution in [1.29, 1.82) is 0 Å². The van der Waals surface area contributed by atoms with E-state index in [9.17, 15) is 8.78 Å². The third-order valence-corrected chi connectivity index (χ3v) is 2.19. The van der Waals surface area contributed by atoms with E-state index in [0.29, 0.717) is 17.9 Å². The van der Waals surface area contributed by atoms with Crippen molar-refractivity contribution in [3.63, 3.8) is 0 Å². The highest BCUT2D eigenvalue weighted by Crippen LogP contribution is 2.24. The molecule has 3 nitrogen and oxygen atoms in total. The fourth-order valence-electron chi connectivity index (χ4n) is 1.45. The Morgan fingerprint density at radius 1 is 1.31 bits per heavy atom. The van der Waals surface area contributed by atoms with Crippen molar-refractivity contribution in [2.75, 3.05) is 7.05 Å². The lowest BCUT2D eigenvalue weighted by atomic mass is 10.1. The van der Waals surface area contributed by atoms with Crippen molar-refractivity contribution < 1.29 is 13.3 Å². The maximum atomic E-state index is 13.0. The lowest BCUT2D eigenvalue weighted by molar-refractivity contribution is 0.430. The van der Waals surface area contributed by atoms with Crippen molar-refractivity contribution in [1.82, 2.24) is 10.5 Å². The van der Waals surface area contributed by atoms with Crippen LogP contribution in [0.1, 0.15) is 5.56 Å². The predicted octanol–water partition coefficient (Wildman–Crippen LogP) is 2.34. The quantitative estimate of drug-likeness (QED) is 0.869. The molecule has 1 aromatic heterocycles. The van der Waals surface area contributed by atoms with Gasteiger partial charge in [-0.15, -0.1) is 0 Å². The van der Waals surface area contributed by atoms with Crippen LogP contribution in [0.2, 0.25) is 0 Å². The summed E-state index contributed by atoms with van der Waals surface area (Å²) in [4.78, 5) is 0. The van der Waals surface area contributed by atoms with Gasteiger partial charge in [0, 0.05) is 17.7 Å². The van der Waals surface area contributed by atoms with Gasteiger partial charge in [0.15, 0.2) is 17.4 Å². The van der Waals surface area contributed by atoms with Crippen LogP contribution in [0, 0.1) is 11.6 Å². The summed E-state index contributed by atoms with van der Waals surface area (Å²) in [5, 5.41) is 6.58. The molecular weight excluding hydrogens is 214 g/mol. The van der Waals surface area contributed by atoms with Gasteiger partial charge in [-0.2, -0.15) is 0 Å². The minimum Gasteiger partial charge on any atom is -0.356 e. The molecule has 2 aromatic rings. The van der Waals surface area contributed by atoms with E-state index in [1.54, 1.807) is 13.2 Å². The fraction of sp³-hybridized carbons (Fsp3) is 0.182. The highest BCUT2D eigenvalue weighted by atomic mass is 19.2. The molecule has 0 amide bonds. The maximum absolute atomic E-state index is 13.0. The molecule has 2 rings (SSSR count). The van der Waals surface area contributed by atoms with Crippen LogP contribution in [0.25, 0.3) is 11.3 Å². The number of benzene rings is 1. The van der Waals surface area contributed by atoms with Gasteiger partial charge in [0.05, 0.1) is 6.20 Å². The highest BCUT2D eigenvalue weighted by Gasteiger charge is 2.12. The molecule has 0 bridgehead atoms. The normalized spacial score (nSPS) is 10.7. The van der Waals surface area contributed by atoms with E-state index in [2.05, 4.69) is 10.5 Å². The van der Waals surface area contributed by atoms with Crippen LogP contribution < -0.4 is 5.32 Å². The molecule has 0 fully saturated rings. The molecule has 0 aliphatic carbocycles. The van der Waals surface area contributed by atoms with E-state index in [4.69, 9.17) is 4.52 Å². The molecule has 16 heavy (non-hydrogen) atoms. The molecule has 84 valence electrons. The molecular formula is C11H10F2N2O. The SMILES string of the molecule is CNCc1cnoc1-c1ccc(F)c(F)c1. The van der Waals surface area contributed by atoms with Gasteiger partial charge in [-0.25, -0.2) is 8.78 Å². The first-order valence-electron chi connectivity index (χ1n) is 4.76. The van der Waals surface area contributed by atoms with Gasteiger partial charge in [-0.05, 0) is 25.2 Å². The average molecular weight is 224 g/mol. The topological polar surface area (TPSA) is 38.1 Å². The number of halogens is 2. The zero-order valence-electron chi connectivity index (χ0n) is 8.63. The van der Waals surface area contributed by atoms with Gasteiger partial charge < -0.3 is 9.84 Å². The largest absolute Gasteiger partial charge is 0.356 e. The first-order valence-corrected chi connectivity index (χ1v) is 4.76. The van der Waals surface area contributed by atoms with Crippen LogP contribution in [0.5, 0.6) is 0 Å². The summed E-state index contributed by atoms with van der Waals surface area (Å²) in [5.74, 6) is -1.32. The van der Waals surface area contributed by atoms with Crippen LogP contribution >= 0.6 is 0 Å². The van der Waals surface area contributed by atoms with E-state index >= 15 is 0 Å². The third kappa shape index (κ3) is 1.94. The van der Waals surface area contributed by atoms with Gasteiger partial charge in [-0.3, -0.25) is 0 Å². The number of aromatic nitrogens is 1. The summed E-state index contributed by atoms with van der Waals surface area (Å²) < 4.78 is 30.8. The minimum atomic E-state index is -0.899. The van der Waals surface area contributed by atoms with Crippen LogP contribution in [0.15, 0.2) is 28.9 Å². The van der Waals surface area contributed by atoms with Gasteiger partial charge in [-0.1, -0.05) is 5.16 Å². The summed E-state index contributed by atoms with van der Waals surface area (Å²) in [5.41, 5.74) is 1.27. The van der Waals surface area contributed by atoms with Crippen molar-refractivity contribution in [3.05, 3.63) is 41.6 Å². The Morgan fingerprint density at radius 3 is 2.81 bits per heavy atom. The molecule has 1 heterocycles. The second kappa shape index (κ2) is 4.40. The fourth-order valence-corrected chi connectivity index (χ4v) is 1.45. The Kier molecular flexibility index (Phi) is 2.96. The van der Waals surface area contributed by atoms with Crippen molar-refractivity contribution in [3.8, 4) is 11.3 Å². The molecule has 0 spiro atoms. The van der Waals surface area contributed by atoms with Crippen molar-refractivity contribution in [2.24, 2.45) is 0 Å². The minimum absolute atomic E-state index is 0.452. The molecule has 0 atom stereocenters. The van der Waals surface area contributed by atoms with Gasteiger partial charge in [0.2, 0.25) is 0 Å². The summed E-state index contributed by atoms with van der Waals surface area (Å²) in [7, 11) is 1.78. The predicted molar refractivity (Wildman–Crippen MR) is 54.6 cm³/mol. The molecule has 0 saturated heterocycles. The molecule has 0 unspecified atom stereocenters. The molecule has 5 heteroatoms. The lowest BCUT2D eigenvalue weighted by Crippen LogP contribution is -2.04. The van der Waals surface area contributed by atoms with Crippen molar-refractivity contribution in [2.45, 2.75) is 6.54 Å². The van der Waals surface area contributed by atoms with Crippen LogP contribution in [-0.4, -0.2) is 12.2 Å². The summed E-state index contributed by atoms with van der Waals surface area (Å²) in [6.45, 7) is 0.553. The van der Waals surface area contributed by atoms with Crippen LogP contribution in [0.4, 0.5) is 8.78 Å². The second-order valence-electron chi connectivity index (χ2n) is 3.34. The molecule has 1 N–H and O–H groups in total. The zero-order chi connectivity index (χ0) is 11.5. The summed E-state index contributed by atoms with van der Waals surface area (Å²) in [6, 6.07) is 3.61. The van der Waals surface area contributed by atoms with E-state index in [-0.39, 0.29) is 0 Å². The Labute approximate surface area is 91.1 Å². The summed E-state index contributed by atoms with van der Waals surface area (Å²) >= 11 is 0. The lowest BCUT2D eigenvalue weighted by Gasteiger charge is -2.01. The standard InChI is InChI=1S/C11H10F2N2O/c1-14-5-8-6-15-16-11(8)7-2-3-9(12)10(13)4-7/h2-4,6,14H,5H2,1H3. The Bertz CT molecular complexity index is 496. The number of nitrogens with one attached hydrogen (secondary N) is 1. The molecule has 0 radical (unpaired) electrons. The molecule has 0 aliphatic heterocycles. The first-order chi connectivity index (χ1) is 7.72. The molecule has 1 aromatic carbocycles. The van der Waals surface area contributed by atoms with Gasteiger partial charge in [0.1, 0.15) is 0 Å². The Hall–Kier alpha value is -1.75. The van der Waals surface area contributed by atoms with Gasteiger partial charge in [0.25, 0.3) is 0 Å². The average Bonchev–Trinajstić information content (AvgIpc) is 2.71. The first kappa shape index (κ1) is 10.8. The smallest absolute Gasteiger partial charge is 0.171 e. The van der Waals surface area contributed by atoms with Crippen molar-refractivity contribution >= 4 is 0 Å². The number of hydrogen-bond donors (Lipinski definition) is 1. The van der Waals surface area contributed by atoms with E-state index in [1.807, 2.05) is 0 Å². The third-order valence-electron chi connectivity index (χ3n) is 2.19. The maximum Gasteiger partial charge on any atom is 0.171 e. The van der Waals surface area contributed by atoms with Crippen LogP contribution in [-0.2, 0) is 6.54 Å². The van der Waals surface area contributed by atoms with Gasteiger partial charge >= 0.3 is 0 Å². The van der Waals surface area contributed by atoms with E-state index < -0.39 is 11.6 Å². The Balaban J connectivity index is 2.42. The number of rotatable bonds is 3. The molecule has 0 aliphatic rings. The molecule has 0 saturated carbocycles. The monoisotopic (exact) mass is 224 g/mol. The number of nitrogens with zero attached hydrogens (tertiary/aromatic N) is 1. The highest BCUT2D eigenvalue weighted by molar-refractivity contribution is 5.60. The van der Waals surface area contributed by atoms with E-state index in [1.165, 1.54) is 6.07 Å². The Morgan fingerprint density at radius 2 is 2.12 bits per heavy atom. The van der Waals surface area contributed by atoms with E-state index in [0.717, 1.165) is 17.7 Å². The second-order valence-corrected chi connectivity index (χ2v) is 3.34. The number of hydrogen-bond acceptors (Lipinski definition) is 3. The zero-order valence-corrected chi connectivity index (χ0v) is 8.63.